The van der Waals surface area contributed by atoms with Gasteiger partial charge in [-0.25, -0.2) is 4.98 Å². The summed E-state index contributed by atoms with van der Waals surface area (Å²) in [6, 6.07) is 7.60. The summed E-state index contributed by atoms with van der Waals surface area (Å²) in [7, 11) is 3.05. The van der Waals surface area contributed by atoms with Crippen molar-refractivity contribution in [2.24, 2.45) is 0 Å². The molecule has 1 aromatic carbocycles. The lowest BCUT2D eigenvalue weighted by atomic mass is 10.1. The highest BCUT2D eigenvalue weighted by molar-refractivity contribution is 5.96. The standard InChI is InChI=1S/C19H20FN3O4/c1-26-15-9-14(10-16(12-15)27-2)19(25)23-7-5-22(6-8-23)18(24)13-3-4-21-17(20)11-13/h3-4,9-12H,5-8H2,1-2H3. The molecule has 0 bridgehead atoms. The minimum atomic E-state index is -0.693. The van der Waals surface area contributed by atoms with Gasteiger partial charge in [0.15, 0.2) is 0 Å². The zero-order valence-corrected chi connectivity index (χ0v) is 15.1. The number of hydrogen-bond acceptors (Lipinski definition) is 5. The van der Waals surface area contributed by atoms with Crippen LogP contribution in [0.4, 0.5) is 4.39 Å². The van der Waals surface area contributed by atoms with Crippen LogP contribution < -0.4 is 9.47 Å². The number of pyridine rings is 1. The molecule has 1 aliphatic rings. The zero-order chi connectivity index (χ0) is 19.4. The van der Waals surface area contributed by atoms with Crippen molar-refractivity contribution in [3.05, 3.63) is 53.6 Å². The van der Waals surface area contributed by atoms with Crippen LogP contribution in [0, 0.1) is 5.95 Å². The quantitative estimate of drug-likeness (QED) is 0.765. The number of rotatable bonds is 4. The molecular formula is C19H20FN3O4. The Balaban J connectivity index is 1.67. The molecule has 0 aliphatic carbocycles. The van der Waals surface area contributed by atoms with Gasteiger partial charge in [0.2, 0.25) is 5.95 Å². The van der Waals surface area contributed by atoms with Gasteiger partial charge in [-0.05, 0) is 18.2 Å². The van der Waals surface area contributed by atoms with E-state index in [2.05, 4.69) is 4.98 Å². The number of nitrogens with zero attached hydrogens (tertiary/aromatic N) is 3. The summed E-state index contributed by atoms with van der Waals surface area (Å²) in [4.78, 5) is 32.0. The van der Waals surface area contributed by atoms with Crippen LogP contribution in [0.25, 0.3) is 0 Å². The van der Waals surface area contributed by atoms with Crippen molar-refractivity contribution in [2.45, 2.75) is 0 Å². The van der Waals surface area contributed by atoms with E-state index >= 15 is 0 Å². The molecular weight excluding hydrogens is 353 g/mol. The van der Waals surface area contributed by atoms with Gasteiger partial charge in [0.25, 0.3) is 11.8 Å². The molecule has 0 unspecified atom stereocenters. The van der Waals surface area contributed by atoms with Crippen LogP contribution in [-0.2, 0) is 0 Å². The number of carbonyl (C=O) groups excluding carboxylic acids is 2. The largest absolute Gasteiger partial charge is 0.497 e. The van der Waals surface area contributed by atoms with Crippen LogP contribution in [0.15, 0.2) is 36.5 Å². The predicted molar refractivity (Wildman–Crippen MR) is 95.5 cm³/mol. The Kier molecular flexibility index (Phi) is 5.54. The first-order chi connectivity index (χ1) is 13.0. The second kappa shape index (κ2) is 8.03. The molecule has 0 radical (unpaired) electrons. The summed E-state index contributed by atoms with van der Waals surface area (Å²) in [5.74, 6) is -0.0557. The van der Waals surface area contributed by atoms with Gasteiger partial charge in [-0.3, -0.25) is 9.59 Å². The van der Waals surface area contributed by atoms with E-state index in [-0.39, 0.29) is 17.4 Å². The van der Waals surface area contributed by atoms with E-state index in [1.165, 1.54) is 26.5 Å². The Morgan fingerprint density at radius 3 is 1.89 bits per heavy atom. The summed E-state index contributed by atoms with van der Waals surface area (Å²) in [6.07, 6.45) is 1.26. The third-order valence-electron chi connectivity index (χ3n) is 4.43. The molecule has 0 spiro atoms. The van der Waals surface area contributed by atoms with Crippen molar-refractivity contribution in [1.29, 1.82) is 0 Å². The Morgan fingerprint density at radius 2 is 1.41 bits per heavy atom. The lowest BCUT2D eigenvalue weighted by Gasteiger charge is -2.35. The molecule has 2 heterocycles. The number of hydrogen-bond donors (Lipinski definition) is 0. The topological polar surface area (TPSA) is 72.0 Å². The molecule has 1 aromatic heterocycles. The van der Waals surface area contributed by atoms with Gasteiger partial charge in [0.05, 0.1) is 14.2 Å². The molecule has 3 rings (SSSR count). The Bertz CT molecular complexity index is 828. The van der Waals surface area contributed by atoms with Crippen molar-refractivity contribution in [1.82, 2.24) is 14.8 Å². The lowest BCUT2D eigenvalue weighted by Crippen LogP contribution is -2.50. The second-order valence-corrected chi connectivity index (χ2v) is 6.05. The average Bonchev–Trinajstić information content (AvgIpc) is 2.72. The Morgan fingerprint density at radius 1 is 0.889 bits per heavy atom. The number of carbonyl (C=O) groups is 2. The molecule has 27 heavy (non-hydrogen) atoms. The monoisotopic (exact) mass is 373 g/mol. The third-order valence-corrected chi connectivity index (χ3v) is 4.43. The lowest BCUT2D eigenvalue weighted by molar-refractivity contribution is 0.0535. The van der Waals surface area contributed by atoms with Crippen LogP contribution in [0.3, 0.4) is 0 Å². The van der Waals surface area contributed by atoms with Crippen LogP contribution in [0.1, 0.15) is 20.7 Å². The molecule has 1 saturated heterocycles. The third kappa shape index (κ3) is 4.16. The van der Waals surface area contributed by atoms with Gasteiger partial charge in [-0.15, -0.1) is 0 Å². The summed E-state index contributed by atoms with van der Waals surface area (Å²) >= 11 is 0. The summed E-state index contributed by atoms with van der Waals surface area (Å²) < 4.78 is 23.6. The fraction of sp³-hybridized carbons (Fsp3) is 0.316. The molecule has 0 saturated carbocycles. The SMILES string of the molecule is COc1cc(OC)cc(C(=O)N2CCN(C(=O)c3ccnc(F)c3)CC2)c1. The van der Waals surface area contributed by atoms with E-state index in [0.717, 1.165) is 6.07 Å². The number of methoxy groups -OCH3 is 2. The molecule has 142 valence electrons. The van der Waals surface area contributed by atoms with Crippen LogP contribution in [0.5, 0.6) is 11.5 Å². The predicted octanol–water partition coefficient (Wildman–Crippen LogP) is 1.84. The van der Waals surface area contributed by atoms with E-state index < -0.39 is 5.95 Å². The molecule has 0 atom stereocenters. The normalized spacial score (nSPS) is 14.0. The number of halogens is 1. The van der Waals surface area contributed by atoms with Gasteiger partial charge in [0, 0.05) is 55.6 Å². The summed E-state index contributed by atoms with van der Waals surface area (Å²) in [5.41, 5.74) is 0.710. The van der Waals surface area contributed by atoms with E-state index in [9.17, 15) is 14.0 Å². The van der Waals surface area contributed by atoms with Gasteiger partial charge >= 0.3 is 0 Å². The van der Waals surface area contributed by atoms with Crippen molar-refractivity contribution >= 4 is 11.8 Å². The van der Waals surface area contributed by atoms with E-state index in [0.29, 0.717) is 43.2 Å². The van der Waals surface area contributed by atoms with Crippen LogP contribution >= 0.6 is 0 Å². The van der Waals surface area contributed by atoms with E-state index in [1.807, 2.05) is 0 Å². The minimum Gasteiger partial charge on any atom is -0.497 e. The number of benzene rings is 1. The molecule has 7 nitrogen and oxygen atoms in total. The van der Waals surface area contributed by atoms with Crippen LogP contribution in [0.2, 0.25) is 0 Å². The van der Waals surface area contributed by atoms with Gasteiger partial charge in [0.1, 0.15) is 11.5 Å². The van der Waals surface area contributed by atoms with E-state index in [1.54, 1.807) is 28.0 Å². The highest BCUT2D eigenvalue weighted by Gasteiger charge is 2.26. The maximum Gasteiger partial charge on any atom is 0.254 e. The van der Waals surface area contributed by atoms with Crippen molar-refractivity contribution in [3.8, 4) is 11.5 Å². The maximum atomic E-state index is 13.2. The number of amides is 2. The summed E-state index contributed by atoms with van der Waals surface area (Å²) in [5, 5.41) is 0. The fourth-order valence-corrected chi connectivity index (χ4v) is 2.94. The first-order valence-corrected chi connectivity index (χ1v) is 8.45. The smallest absolute Gasteiger partial charge is 0.254 e. The molecule has 1 aliphatic heterocycles. The van der Waals surface area contributed by atoms with Crippen molar-refractivity contribution in [3.63, 3.8) is 0 Å². The molecule has 2 aromatic rings. The number of ether oxygens (including phenoxy) is 2. The number of aromatic nitrogens is 1. The van der Waals surface area contributed by atoms with Crippen molar-refractivity contribution in [2.75, 3.05) is 40.4 Å². The molecule has 2 amide bonds. The fourth-order valence-electron chi connectivity index (χ4n) is 2.94. The minimum absolute atomic E-state index is 0.158. The van der Waals surface area contributed by atoms with Gasteiger partial charge in [-0.2, -0.15) is 4.39 Å². The maximum absolute atomic E-state index is 13.2. The Labute approximate surface area is 156 Å². The number of piperazine rings is 1. The van der Waals surface area contributed by atoms with Crippen molar-refractivity contribution < 1.29 is 23.5 Å². The highest BCUT2D eigenvalue weighted by atomic mass is 19.1. The molecule has 8 heteroatoms. The first kappa shape index (κ1) is 18.6. The Hall–Kier alpha value is -3.16. The first-order valence-electron chi connectivity index (χ1n) is 8.45. The van der Waals surface area contributed by atoms with Gasteiger partial charge in [-0.1, -0.05) is 0 Å². The molecule has 0 N–H and O–H groups in total. The van der Waals surface area contributed by atoms with E-state index in [4.69, 9.17) is 9.47 Å². The molecule has 1 fully saturated rings. The zero-order valence-electron chi connectivity index (χ0n) is 15.1. The van der Waals surface area contributed by atoms with Crippen LogP contribution in [-0.4, -0.2) is 67.0 Å². The summed E-state index contributed by atoms with van der Waals surface area (Å²) in [6.45, 7) is 1.51. The van der Waals surface area contributed by atoms with Gasteiger partial charge < -0.3 is 19.3 Å². The second-order valence-electron chi connectivity index (χ2n) is 6.05. The highest BCUT2D eigenvalue weighted by Crippen LogP contribution is 2.24. The average molecular weight is 373 g/mol.